The monoisotopic (exact) mass is 335 g/mol. The third-order valence-corrected chi connectivity index (χ3v) is 5.39. The third kappa shape index (κ3) is 3.68. The molecule has 1 aromatic carbocycles. The quantitative estimate of drug-likeness (QED) is 0.827. The summed E-state index contributed by atoms with van der Waals surface area (Å²) in [6.45, 7) is 3.83. The molecule has 3 rings (SSSR count). The molecule has 5 heteroatoms. The van der Waals surface area contributed by atoms with Crippen LogP contribution in [0.1, 0.15) is 31.2 Å². The fourth-order valence-electron chi connectivity index (χ4n) is 4.00. The summed E-state index contributed by atoms with van der Waals surface area (Å²) < 4.78 is 22.7. The smallest absolute Gasteiger partial charge is 0.122 e. The first-order valence-electron chi connectivity index (χ1n) is 8.80. The minimum atomic E-state index is -0.0738. The molecule has 0 N–H and O–H groups in total. The van der Waals surface area contributed by atoms with Crippen LogP contribution in [0.2, 0.25) is 0 Å². The second-order valence-electron chi connectivity index (χ2n) is 6.78. The Balaban J connectivity index is 1.63. The summed E-state index contributed by atoms with van der Waals surface area (Å²) in [4.78, 5) is 2.48. The molecular weight excluding hydrogens is 306 g/mol. The van der Waals surface area contributed by atoms with Gasteiger partial charge in [-0.3, -0.25) is 4.90 Å². The Morgan fingerprint density at radius 2 is 1.75 bits per heavy atom. The van der Waals surface area contributed by atoms with E-state index in [4.69, 9.17) is 18.9 Å². The highest BCUT2D eigenvalue weighted by Gasteiger charge is 2.44. The van der Waals surface area contributed by atoms with Crippen molar-refractivity contribution in [3.8, 4) is 11.5 Å². The van der Waals surface area contributed by atoms with Gasteiger partial charge >= 0.3 is 0 Å². The van der Waals surface area contributed by atoms with Gasteiger partial charge in [-0.2, -0.15) is 0 Å². The normalized spacial score (nSPS) is 24.0. The molecule has 0 aromatic heterocycles. The Labute approximate surface area is 144 Å². The van der Waals surface area contributed by atoms with Crippen molar-refractivity contribution >= 4 is 0 Å². The summed E-state index contributed by atoms with van der Waals surface area (Å²) in [6.07, 6.45) is 4.53. The number of rotatable bonds is 5. The van der Waals surface area contributed by atoms with E-state index in [-0.39, 0.29) is 11.7 Å². The number of hydrogen-bond donors (Lipinski definition) is 0. The topological polar surface area (TPSA) is 40.2 Å². The van der Waals surface area contributed by atoms with E-state index in [2.05, 4.69) is 17.0 Å². The summed E-state index contributed by atoms with van der Waals surface area (Å²) in [5.41, 5.74) is 1.14. The van der Waals surface area contributed by atoms with Crippen molar-refractivity contribution in [3.05, 3.63) is 23.8 Å². The van der Waals surface area contributed by atoms with E-state index in [0.29, 0.717) is 0 Å². The van der Waals surface area contributed by atoms with Crippen molar-refractivity contribution in [2.75, 3.05) is 41.0 Å². The van der Waals surface area contributed by atoms with Crippen LogP contribution < -0.4 is 9.47 Å². The number of methoxy groups -OCH3 is 3. The van der Waals surface area contributed by atoms with Crippen molar-refractivity contribution < 1.29 is 18.9 Å². The molecule has 24 heavy (non-hydrogen) atoms. The lowest BCUT2D eigenvalue weighted by atomic mass is 9.81. The Kier molecular flexibility index (Phi) is 5.64. The van der Waals surface area contributed by atoms with Gasteiger partial charge in [-0.25, -0.2) is 0 Å². The maximum Gasteiger partial charge on any atom is 0.122 e. The van der Waals surface area contributed by atoms with Gasteiger partial charge in [0.1, 0.15) is 11.5 Å². The molecule has 2 saturated heterocycles. The lowest BCUT2D eigenvalue weighted by molar-refractivity contribution is -0.186. The van der Waals surface area contributed by atoms with E-state index in [1.54, 1.807) is 14.2 Å². The molecule has 0 bridgehead atoms. The largest absolute Gasteiger partial charge is 0.497 e. The number of piperidine rings is 1. The highest BCUT2D eigenvalue weighted by molar-refractivity contribution is 5.38. The number of likely N-dealkylation sites (tertiary alicyclic amines) is 1. The predicted molar refractivity (Wildman–Crippen MR) is 92.8 cm³/mol. The molecule has 1 atom stereocenters. The third-order valence-electron chi connectivity index (χ3n) is 5.39. The molecule has 0 aliphatic carbocycles. The molecule has 2 aliphatic heterocycles. The van der Waals surface area contributed by atoms with Gasteiger partial charge in [-0.05, 0) is 43.4 Å². The van der Waals surface area contributed by atoms with Crippen molar-refractivity contribution in [2.45, 2.75) is 43.9 Å². The molecule has 2 heterocycles. The van der Waals surface area contributed by atoms with E-state index in [0.717, 1.165) is 63.4 Å². The standard InChI is InChI=1S/C19H29NO4/c1-21-16-11-15(12-17(13-16)22-2)14-20-8-6-19(7-9-20)18(23-3)5-4-10-24-19/h11-13,18H,4-10,14H2,1-3H3. The molecule has 134 valence electrons. The summed E-state index contributed by atoms with van der Waals surface area (Å²) in [5.74, 6) is 1.68. The van der Waals surface area contributed by atoms with Crippen LogP contribution in [0.25, 0.3) is 0 Å². The van der Waals surface area contributed by atoms with Crippen LogP contribution in [0.15, 0.2) is 18.2 Å². The molecule has 0 saturated carbocycles. The Bertz CT molecular complexity index is 518. The van der Waals surface area contributed by atoms with Gasteiger partial charge in [-0.15, -0.1) is 0 Å². The second-order valence-corrected chi connectivity index (χ2v) is 6.78. The molecule has 0 radical (unpaired) electrons. The molecular formula is C19H29NO4. The van der Waals surface area contributed by atoms with E-state index < -0.39 is 0 Å². The minimum absolute atomic E-state index is 0.0738. The maximum absolute atomic E-state index is 6.19. The van der Waals surface area contributed by atoms with Crippen LogP contribution in [-0.2, 0) is 16.0 Å². The lowest BCUT2D eigenvalue weighted by Gasteiger charge is -2.48. The Hall–Kier alpha value is -1.30. The van der Waals surface area contributed by atoms with Gasteiger partial charge in [-0.1, -0.05) is 0 Å². The van der Waals surface area contributed by atoms with Crippen molar-refractivity contribution in [1.82, 2.24) is 4.90 Å². The zero-order chi connectivity index (χ0) is 17.0. The first kappa shape index (κ1) is 17.5. The van der Waals surface area contributed by atoms with Crippen LogP contribution in [-0.4, -0.2) is 57.6 Å². The zero-order valence-corrected chi connectivity index (χ0v) is 15.0. The van der Waals surface area contributed by atoms with Crippen molar-refractivity contribution in [3.63, 3.8) is 0 Å². The van der Waals surface area contributed by atoms with E-state index in [1.165, 1.54) is 5.56 Å². The van der Waals surface area contributed by atoms with Crippen LogP contribution in [0.5, 0.6) is 11.5 Å². The molecule has 0 amide bonds. The first-order chi connectivity index (χ1) is 11.7. The summed E-state index contributed by atoms with van der Waals surface area (Å²) in [7, 11) is 5.19. The maximum atomic E-state index is 6.19. The summed E-state index contributed by atoms with van der Waals surface area (Å²) in [5, 5.41) is 0. The Morgan fingerprint density at radius 1 is 1.08 bits per heavy atom. The van der Waals surface area contributed by atoms with Crippen LogP contribution >= 0.6 is 0 Å². The molecule has 1 aromatic rings. The Morgan fingerprint density at radius 3 is 2.33 bits per heavy atom. The number of hydrogen-bond acceptors (Lipinski definition) is 5. The molecule has 5 nitrogen and oxygen atoms in total. The molecule has 2 aliphatic rings. The van der Waals surface area contributed by atoms with Crippen molar-refractivity contribution in [1.29, 1.82) is 0 Å². The highest BCUT2D eigenvalue weighted by atomic mass is 16.5. The molecule has 2 fully saturated rings. The average molecular weight is 335 g/mol. The van der Waals surface area contributed by atoms with E-state index >= 15 is 0 Å². The van der Waals surface area contributed by atoms with E-state index in [9.17, 15) is 0 Å². The van der Waals surface area contributed by atoms with Gasteiger partial charge in [0.05, 0.1) is 25.9 Å². The lowest BCUT2D eigenvalue weighted by Crippen LogP contribution is -2.55. The van der Waals surface area contributed by atoms with Gasteiger partial charge in [0, 0.05) is 39.4 Å². The van der Waals surface area contributed by atoms with E-state index in [1.807, 2.05) is 13.2 Å². The number of nitrogens with zero attached hydrogens (tertiary/aromatic N) is 1. The minimum Gasteiger partial charge on any atom is -0.497 e. The predicted octanol–water partition coefficient (Wildman–Crippen LogP) is 2.86. The highest BCUT2D eigenvalue weighted by Crippen LogP contribution is 2.37. The first-order valence-corrected chi connectivity index (χ1v) is 8.80. The molecule has 1 unspecified atom stereocenters. The number of ether oxygens (including phenoxy) is 4. The van der Waals surface area contributed by atoms with Gasteiger partial charge < -0.3 is 18.9 Å². The fourth-order valence-corrected chi connectivity index (χ4v) is 4.00. The van der Waals surface area contributed by atoms with Gasteiger partial charge in [0.25, 0.3) is 0 Å². The van der Waals surface area contributed by atoms with Crippen LogP contribution in [0.3, 0.4) is 0 Å². The van der Waals surface area contributed by atoms with Crippen LogP contribution in [0.4, 0.5) is 0 Å². The summed E-state index contributed by atoms with van der Waals surface area (Å²) >= 11 is 0. The SMILES string of the molecule is COc1cc(CN2CCC3(CC2)OCCCC3OC)cc(OC)c1. The summed E-state index contributed by atoms with van der Waals surface area (Å²) in [6, 6.07) is 6.08. The van der Waals surface area contributed by atoms with Gasteiger partial charge in [0.15, 0.2) is 0 Å². The van der Waals surface area contributed by atoms with Gasteiger partial charge in [0.2, 0.25) is 0 Å². The zero-order valence-electron chi connectivity index (χ0n) is 15.0. The molecule has 1 spiro atoms. The fraction of sp³-hybridized carbons (Fsp3) is 0.684. The second kappa shape index (κ2) is 7.72. The number of benzene rings is 1. The van der Waals surface area contributed by atoms with Crippen molar-refractivity contribution in [2.24, 2.45) is 0 Å². The van der Waals surface area contributed by atoms with Crippen LogP contribution in [0, 0.1) is 0 Å². The average Bonchev–Trinajstić information content (AvgIpc) is 2.63.